The Kier molecular flexibility index (Phi) is 4.10. The van der Waals surface area contributed by atoms with Crippen LogP contribution >= 0.6 is 11.6 Å². The van der Waals surface area contributed by atoms with E-state index in [-0.39, 0.29) is 11.8 Å². The topological polar surface area (TPSA) is 40.6 Å². The van der Waals surface area contributed by atoms with Crippen molar-refractivity contribution in [1.29, 1.82) is 0 Å². The molecule has 1 unspecified atom stereocenters. The highest BCUT2D eigenvalue weighted by atomic mass is 35.5. The number of hydrogen-bond acceptors (Lipinski definition) is 2. The summed E-state index contributed by atoms with van der Waals surface area (Å²) in [4.78, 5) is 27.4. The predicted molar refractivity (Wildman–Crippen MR) is 75.3 cm³/mol. The number of benzene rings is 1. The van der Waals surface area contributed by atoms with Gasteiger partial charge in [0.05, 0.1) is 0 Å². The van der Waals surface area contributed by atoms with Gasteiger partial charge in [0.1, 0.15) is 6.04 Å². The van der Waals surface area contributed by atoms with E-state index in [0.29, 0.717) is 24.5 Å². The molecular weight excluding hydrogens is 264 g/mol. The normalized spacial score (nSPS) is 19.7. The van der Waals surface area contributed by atoms with Crippen molar-refractivity contribution in [2.45, 2.75) is 26.3 Å². The summed E-state index contributed by atoms with van der Waals surface area (Å²) < 4.78 is 0. The fourth-order valence-electron chi connectivity index (χ4n) is 2.29. The molecule has 0 saturated carbocycles. The van der Waals surface area contributed by atoms with Gasteiger partial charge in [-0.2, -0.15) is 0 Å². The maximum absolute atomic E-state index is 12.3. The lowest BCUT2D eigenvalue weighted by Crippen LogP contribution is -2.57. The lowest BCUT2D eigenvalue weighted by Gasteiger charge is -2.39. The van der Waals surface area contributed by atoms with E-state index >= 15 is 0 Å². The van der Waals surface area contributed by atoms with E-state index in [9.17, 15) is 9.59 Å². The number of rotatable bonds is 2. The highest BCUT2D eigenvalue weighted by molar-refractivity contribution is 6.30. The molecule has 1 saturated heterocycles. The Bertz CT molecular complexity index is 487. The molecule has 1 aromatic rings. The SMILES string of the molecule is CCC(=O)N1CCN(c2ccc(Cl)cc2)C(=O)C1C. The van der Waals surface area contributed by atoms with E-state index < -0.39 is 6.04 Å². The van der Waals surface area contributed by atoms with Crippen molar-refractivity contribution in [3.05, 3.63) is 29.3 Å². The molecule has 1 aromatic carbocycles. The molecule has 4 nitrogen and oxygen atoms in total. The van der Waals surface area contributed by atoms with Crippen molar-refractivity contribution < 1.29 is 9.59 Å². The molecule has 102 valence electrons. The van der Waals surface area contributed by atoms with E-state index in [1.807, 2.05) is 19.1 Å². The fourth-order valence-corrected chi connectivity index (χ4v) is 2.42. The minimum atomic E-state index is -0.406. The van der Waals surface area contributed by atoms with Gasteiger partial charge in [0.15, 0.2) is 0 Å². The number of anilines is 1. The van der Waals surface area contributed by atoms with Crippen LogP contribution < -0.4 is 4.90 Å². The van der Waals surface area contributed by atoms with Crippen LogP contribution in [0.2, 0.25) is 5.02 Å². The molecule has 2 rings (SSSR count). The molecule has 0 aliphatic carbocycles. The van der Waals surface area contributed by atoms with E-state index in [4.69, 9.17) is 11.6 Å². The van der Waals surface area contributed by atoms with Crippen LogP contribution in [0.1, 0.15) is 20.3 Å². The molecule has 19 heavy (non-hydrogen) atoms. The van der Waals surface area contributed by atoms with Gasteiger partial charge in [-0.1, -0.05) is 18.5 Å². The van der Waals surface area contributed by atoms with Crippen LogP contribution in [0.5, 0.6) is 0 Å². The minimum Gasteiger partial charge on any atom is -0.329 e. The highest BCUT2D eigenvalue weighted by Crippen LogP contribution is 2.22. The summed E-state index contributed by atoms with van der Waals surface area (Å²) >= 11 is 5.84. The van der Waals surface area contributed by atoms with Crippen LogP contribution in [0.25, 0.3) is 0 Å². The molecule has 0 N–H and O–H groups in total. The van der Waals surface area contributed by atoms with Crippen molar-refractivity contribution in [2.75, 3.05) is 18.0 Å². The van der Waals surface area contributed by atoms with Gasteiger partial charge in [-0.25, -0.2) is 0 Å². The van der Waals surface area contributed by atoms with Crippen LogP contribution in [-0.4, -0.2) is 35.8 Å². The second-order valence-electron chi connectivity index (χ2n) is 4.58. The first kappa shape index (κ1) is 13.9. The zero-order valence-corrected chi connectivity index (χ0v) is 11.9. The molecule has 1 atom stereocenters. The number of carbonyl (C=O) groups is 2. The third-order valence-electron chi connectivity index (χ3n) is 3.42. The zero-order chi connectivity index (χ0) is 14.0. The first-order chi connectivity index (χ1) is 9.04. The quantitative estimate of drug-likeness (QED) is 0.834. The van der Waals surface area contributed by atoms with Gasteiger partial charge in [-0.3, -0.25) is 9.59 Å². The second-order valence-corrected chi connectivity index (χ2v) is 5.02. The molecule has 0 bridgehead atoms. The lowest BCUT2D eigenvalue weighted by molar-refractivity contribution is -0.140. The van der Waals surface area contributed by atoms with E-state index in [0.717, 1.165) is 5.69 Å². The lowest BCUT2D eigenvalue weighted by atomic mass is 10.1. The molecule has 1 aliphatic rings. The van der Waals surface area contributed by atoms with Crippen molar-refractivity contribution in [3.8, 4) is 0 Å². The summed E-state index contributed by atoms with van der Waals surface area (Å²) in [7, 11) is 0. The van der Waals surface area contributed by atoms with Crippen molar-refractivity contribution in [3.63, 3.8) is 0 Å². The number of piperazine rings is 1. The number of amides is 2. The first-order valence-electron chi connectivity index (χ1n) is 6.41. The average molecular weight is 281 g/mol. The Morgan fingerprint density at radius 3 is 2.53 bits per heavy atom. The molecule has 0 radical (unpaired) electrons. The maximum atomic E-state index is 12.3. The van der Waals surface area contributed by atoms with Gasteiger partial charge in [0.25, 0.3) is 0 Å². The molecule has 1 heterocycles. The number of halogens is 1. The Morgan fingerprint density at radius 1 is 1.32 bits per heavy atom. The van der Waals surface area contributed by atoms with Crippen LogP contribution in [-0.2, 0) is 9.59 Å². The van der Waals surface area contributed by atoms with Gasteiger partial charge >= 0.3 is 0 Å². The third kappa shape index (κ3) is 2.73. The Morgan fingerprint density at radius 2 is 1.95 bits per heavy atom. The molecule has 5 heteroatoms. The van der Waals surface area contributed by atoms with Crippen LogP contribution in [0, 0.1) is 0 Å². The summed E-state index contributed by atoms with van der Waals surface area (Å²) in [6, 6.07) is 6.77. The summed E-state index contributed by atoms with van der Waals surface area (Å²) in [5.41, 5.74) is 0.824. The van der Waals surface area contributed by atoms with E-state index in [1.54, 1.807) is 28.9 Å². The van der Waals surface area contributed by atoms with Crippen LogP contribution in [0.4, 0.5) is 5.69 Å². The van der Waals surface area contributed by atoms with Gasteiger partial charge < -0.3 is 9.80 Å². The van der Waals surface area contributed by atoms with E-state index in [2.05, 4.69) is 0 Å². The molecule has 2 amide bonds. The van der Waals surface area contributed by atoms with Crippen molar-refractivity contribution >= 4 is 29.1 Å². The number of nitrogens with zero attached hydrogens (tertiary/aromatic N) is 2. The zero-order valence-electron chi connectivity index (χ0n) is 11.1. The molecule has 0 aromatic heterocycles. The van der Waals surface area contributed by atoms with Crippen LogP contribution in [0.3, 0.4) is 0 Å². The molecule has 1 fully saturated rings. The molecule has 1 aliphatic heterocycles. The largest absolute Gasteiger partial charge is 0.329 e. The summed E-state index contributed by atoms with van der Waals surface area (Å²) in [5.74, 6) is -0.0213. The maximum Gasteiger partial charge on any atom is 0.249 e. The van der Waals surface area contributed by atoms with Gasteiger partial charge in [-0.05, 0) is 31.2 Å². The molecular formula is C14H17ClN2O2. The van der Waals surface area contributed by atoms with Crippen molar-refractivity contribution in [2.24, 2.45) is 0 Å². The van der Waals surface area contributed by atoms with Gasteiger partial charge in [0, 0.05) is 30.2 Å². The standard InChI is InChI=1S/C14H17ClN2O2/c1-3-13(18)16-8-9-17(14(19)10(16)2)12-6-4-11(15)5-7-12/h4-7,10H,3,8-9H2,1-2H3. The number of hydrogen-bond donors (Lipinski definition) is 0. The summed E-state index contributed by atoms with van der Waals surface area (Å²) in [6.45, 7) is 4.68. The Labute approximate surface area is 117 Å². The summed E-state index contributed by atoms with van der Waals surface area (Å²) in [5, 5.41) is 0.643. The van der Waals surface area contributed by atoms with Crippen LogP contribution in [0.15, 0.2) is 24.3 Å². The first-order valence-corrected chi connectivity index (χ1v) is 6.78. The second kappa shape index (κ2) is 5.61. The fraction of sp³-hybridized carbons (Fsp3) is 0.429. The molecule has 0 spiro atoms. The summed E-state index contributed by atoms with van der Waals surface area (Å²) in [6.07, 6.45) is 0.429. The highest BCUT2D eigenvalue weighted by Gasteiger charge is 2.34. The third-order valence-corrected chi connectivity index (χ3v) is 3.67. The minimum absolute atomic E-state index is 0.0246. The van der Waals surface area contributed by atoms with Crippen molar-refractivity contribution in [1.82, 2.24) is 4.90 Å². The van der Waals surface area contributed by atoms with Gasteiger partial charge in [0.2, 0.25) is 11.8 Å². The monoisotopic (exact) mass is 280 g/mol. The smallest absolute Gasteiger partial charge is 0.249 e. The Balaban J connectivity index is 2.17. The van der Waals surface area contributed by atoms with Gasteiger partial charge in [-0.15, -0.1) is 0 Å². The Hall–Kier alpha value is -1.55. The number of carbonyl (C=O) groups excluding carboxylic acids is 2. The average Bonchev–Trinajstić information content (AvgIpc) is 2.42. The predicted octanol–water partition coefficient (Wildman–Crippen LogP) is 2.31. The van der Waals surface area contributed by atoms with E-state index in [1.165, 1.54) is 0 Å².